The summed E-state index contributed by atoms with van der Waals surface area (Å²) in [4.78, 5) is 39.0. The van der Waals surface area contributed by atoms with Crippen molar-refractivity contribution in [2.24, 2.45) is 0 Å². The molecule has 0 aliphatic carbocycles. The quantitative estimate of drug-likeness (QED) is 0.277. The van der Waals surface area contributed by atoms with Crippen LogP contribution in [0.5, 0.6) is 5.75 Å². The van der Waals surface area contributed by atoms with Crippen molar-refractivity contribution in [3.05, 3.63) is 52.7 Å². The van der Waals surface area contributed by atoms with Gasteiger partial charge in [-0.2, -0.15) is 0 Å². The van der Waals surface area contributed by atoms with Crippen LogP contribution in [0.3, 0.4) is 0 Å². The summed E-state index contributed by atoms with van der Waals surface area (Å²) < 4.78 is 5.09. The van der Waals surface area contributed by atoms with E-state index in [4.69, 9.17) is 4.74 Å². The number of nitrogens with zero attached hydrogens (tertiary/aromatic N) is 2. The van der Waals surface area contributed by atoms with Gasteiger partial charge in [0.05, 0.1) is 24.1 Å². The number of nitrogens with two attached hydrogens (primary N) is 1. The number of aromatic nitrogens is 1. The highest BCUT2D eigenvalue weighted by Gasteiger charge is 2.42. The van der Waals surface area contributed by atoms with E-state index in [2.05, 4.69) is 10.3 Å². The Morgan fingerprint density at radius 3 is 2.64 bits per heavy atom. The molecule has 0 radical (unpaired) electrons. The number of imide groups is 1. The molecule has 2 aromatic rings. The Balaban J connectivity index is 1.50. The molecule has 0 spiro atoms. The maximum atomic E-state index is 12.6. The number of amides is 2. The first kappa shape index (κ1) is 19.2. The minimum atomic E-state index is -0.481. The van der Waals surface area contributed by atoms with Crippen molar-refractivity contribution in [2.45, 2.75) is 12.5 Å². The fourth-order valence-electron chi connectivity index (χ4n) is 2.97. The number of carbonyl (C=O) groups is 2. The Morgan fingerprint density at radius 2 is 2.04 bits per heavy atom. The number of quaternary nitrogens is 1. The normalized spacial score (nSPS) is 16.3. The third-order valence-electron chi connectivity index (χ3n) is 4.43. The lowest BCUT2D eigenvalue weighted by molar-refractivity contribution is -0.672. The molecule has 3 rings (SSSR count). The topological polar surface area (TPSA) is 133 Å². The highest BCUT2D eigenvalue weighted by Crippen LogP contribution is 2.24. The molecule has 1 aliphatic heterocycles. The van der Waals surface area contributed by atoms with Gasteiger partial charge in [-0.25, -0.2) is 9.88 Å². The molecule has 4 N–H and O–H groups in total. The Bertz CT molecular complexity index is 869. The second-order valence-electron chi connectivity index (χ2n) is 6.24. The molecule has 1 atom stereocenters. The molecule has 10 heteroatoms. The van der Waals surface area contributed by atoms with Crippen LogP contribution in [0.2, 0.25) is 0 Å². The minimum absolute atomic E-state index is 0.0224. The van der Waals surface area contributed by atoms with E-state index in [1.54, 1.807) is 37.4 Å². The molecule has 1 aromatic heterocycles. The number of carbonyl (C=O) groups excluding carboxylic acids is 2. The van der Waals surface area contributed by atoms with E-state index < -0.39 is 11.0 Å². The van der Waals surface area contributed by atoms with Crippen LogP contribution in [0.25, 0.3) is 0 Å². The zero-order chi connectivity index (χ0) is 20.1. The first-order valence-corrected chi connectivity index (χ1v) is 8.74. The number of hydrogen-bond acceptors (Lipinski definition) is 6. The molecule has 2 heterocycles. The SMILES string of the molecule is COc1ccc(N2C(=O)C[C@H]([NH2+]CCNc3ccc([N+](=O)[O-])c[nH+]3)C2=O)cc1. The molecule has 1 saturated heterocycles. The van der Waals surface area contributed by atoms with Crippen molar-refractivity contribution in [3.63, 3.8) is 0 Å². The fourth-order valence-corrected chi connectivity index (χ4v) is 2.97. The van der Waals surface area contributed by atoms with Crippen LogP contribution in [0, 0.1) is 10.1 Å². The van der Waals surface area contributed by atoms with Gasteiger partial charge in [0.2, 0.25) is 5.91 Å². The molecule has 1 aliphatic rings. The van der Waals surface area contributed by atoms with E-state index in [1.165, 1.54) is 17.2 Å². The Hall–Kier alpha value is -3.53. The van der Waals surface area contributed by atoms with Crippen LogP contribution in [0.15, 0.2) is 42.6 Å². The summed E-state index contributed by atoms with van der Waals surface area (Å²) in [6.07, 6.45) is 1.45. The summed E-state index contributed by atoms with van der Waals surface area (Å²) in [5.74, 6) is 0.818. The maximum absolute atomic E-state index is 12.6. The van der Waals surface area contributed by atoms with Gasteiger partial charge in [-0.15, -0.1) is 0 Å². The average Bonchev–Trinajstić information content (AvgIpc) is 2.99. The minimum Gasteiger partial charge on any atom is -0.497 e. The van der Waals surface area contributed by atoms with Crippen LogP contribution in [0.1, 0.15) is 6.42 Å². The number of rotatable bonds is 8. The number of hydrogen-bond donors (Lipinski definition) is 2. The Morgan fingerprint density at radius 1 is 1.29 bits per heavy atom. The number of ether oxygens (including phenoxy) is 1. The lowest BCUT2D eigenvalue weighted by Gasteiger charge is -2.14. The molecule has 1 fully saturated rings. The fraction of sp³-hybridized carbons (Fsp3) is 0.278. The molecule has 2 amide bonds. The molecular formula is C18H21N5O5+2. The predicted octanol–water partition coefficient (Wildman–Crippen LogP) is -0.275. The number of methoxy groups -OCH3 is 1. The number of benzene rings is 1. The summed E-state index contributed by atoms with van der Waals surface area (Å²) in [6.45, 7) is 1.08. The largest absolute Gasteiger partial charge is 0.497 e. The highest BCUT2D eigenvalue weighted by molar-refractivity contribution is 6.21. The van der Waals surface area contributed by atoms with Crippen LogP contribution < -0.4 is 25.3 Å². The lowest BCUT2D eigenvalue weighted by atomic mass is 10.2. The summed E-state index contributed by atoms with van der Waals surface area (Å²) in [5.41, 5.74) is 0.510. The molecule has 28 heavy (non-hydrogen) atoms. The van der Waals surface area contributed by atoms with Crippen LogP contribution >= 0.6 is 0 Å². The smallest absolute Gasteiger partial charge is 0.308 e. The van der Waals surface area contributed by atoms with E-state index >= 15 is 0 Å². The predicted molar refractivity (Wildman–Crippen MR) is 98.8 cm³/mol. The van der Waals surface area contributed by atoms with Gasteiger partial charge < -0.3 is 10.1 Å². The number of H-pyrrole nitrogens is 1. The maximum Gasteiger partial charge on any atom is 0.308 e. The van der Waals surface area contributed by atoms with Gasteiger partial charge in [-0.3, -0.25) is 25.0 Å². The number of aromatic amines is 1. The van der Waals surface area contributed by atoms with E-state index in [1.807, 2.05) is 5.32 Å². The average molecular weight is 387 g/mol. The first-order chi connectivity index (χ1) is 13.5. The van der Waals surface area contributed by atoms with Gasteiger partial charge in [-0.1, -0.05) is 0 Å². The van der Waals surface area contributed by atoms with Gasteiger partial charge in [0.1, 0.15) is 18.8 Å². The van der Waals surface area contributed by atoms with E-state index in [-0.39, 0.29) is 23.9 Å². The zero-order valence-corrected chi connectivity index (χ0v) is 15.3. The summed E-state index contributed by atoms with van der Waals surface area (Å²) in [6, 6.07) is 9.29. The van der Waals surface area contributed by atoms with Crippen molar-refractivity contribution in [3.8, 4) is 5.75 Å². The Labute approximate surface area is 160 Å². The second kappa shape index (κ2) is 8.44. The zero-order valence-electron chi connectivity index (χ0n) is 15.3. The summed E-state index contributed by atoms with van der Waals surface area (Å²) in [5, 5.41) is 15.5. The van der Waals surface area contributed by atoms with Crippen LogP contribution in [0.4, 0.5) is 17.2 Å². The molecular weight excluding hydrogens is 366 g/mol. The standard InChI is InChI=1S/C18H19N5O5/c1-28-14-5-2-12(3-6-14)22-17(24)10-15(18(22)25)19-8-9-20-16-7-4-13(11-21-16)23(26)27/h2-7,11,15,19H,8-10H2,1H3,(H,20,21)/p+2/t15-/m0/s1. The van der Waals surface area contributed by atoms with Crippen molar-refractivity contribution in [1.82, 2.24) is 0 Å². The van der Waals surface area contributed by atoms with Crippen LogP contribution in [-0.2, 0) is 9.59 Å². The molecule has 10 nitrogen and oxygen atoms in total. The molecule has 0 bridgehead atoms. The van der Waals surface area contributed by atoms with Gasteiger partial charge in [0.15, 0.2) is 12.2 Å². The molecule has 146 valence electrons. The third-order valence-corrected chi connectivity index (χ3v) is 4.43. The number of anilines is 2. The van der Waals surface area contributed by atoms with Gasteiger partial charge >= 0.3 is 5.69 Å². The molecule has 1 aromatic carbocycles. The monoisotopic (exact) mass is 387 g/mol. The number of pyridine rings is 1. The van der Waals surface area contributed by atoms with Crippen LogP contribution in [-0.4, -0.2) is 43.0 Å². The first-order valence-electron chi connectivity index (χ1n) is 8.74. The third kappa shape index (κ3) is 4.23. The van der Waals surface area contributed by atoms with E-state index in [0.717, 1.165) is 0 Å². The highest BCUT2D eigenvalue weighted by atomic mass is 16.6. The van der Waals surface area contributed by atoms with E-state index in [0.29, 0.717) is 30.3 Å². The van der Waals surface area contributed by atoms with Crippen molar-refractivity contribution in [1.29, 1.82) is 0 Å². The summed E-state index contributed by atoms with van der Waals surface area (Å²) >= 11 is 0. The molecule has 0 saturated carbocycles. The van der Waals surface area contributed by atoms with Crippen molar-refractivity contribution in [2.75, 3.05) is 30.4 Å². The van der Waals surface area contributed by atoms with Crippen molar-refractivity contribution >= 4 is 29.0 Å². The van der Waals surface area contributed by atoms with E-state index in [9.17, 15) is 19.7 Å². The molecule has 0 unspecified atom stereocenters. The van der Waals surface area contributed by atoms with Gasteiger partial charge in [-0.05, 0) is 24.3 Å². The van der Waals surface area contributed by atoms with Gasteiger partial charge in [0.25, 0.3) is 11.7 Å². The second-order valence-corrected chi connectivity index (χ2v) is 6.24. The summed E-state index contributed by atoms with van der Waals surface area (Å²) in [7, 11) is 1.55. The van der Waals surface area contributed by atoms with Crippen molar-refractivity contribution < 1.29 is 29.6 Å². The van der Waals surface area contributed by atoms with Gasteiger partial charge in [0, 0.05) is 12.1 Å². The Kier molecular flexibility index (Phi) is 5.80. The lowest BCUT2D eigenvalue weighted by Crippen LogP contribution is -2.92. The number of nitrogens with one attached hydrogen (secondary N) is 2. The number of nitro groups is 1.